The smallest absolute Gasteiger partial charge is 0.301 e. The Kier molecular flexibility index (Phi) is 4.15. The van der Waals surface area contributed by atoms with Crippen molar-refractivity contribution < 1.29 is 9.59 Å². The van der Waals surface area contributed by atoms with Gasteiger partial charge in [-0.3, -0.25) is 9.28 Å². The Morgan fingerprint density at radius 3 is 2.50 bits per heavy atom. The van der Waals surface area contributed by atoms with Crippen LogP contribution in [0.4, 0.5) is 10.5 Å². The van der Waals surface area contributed by atoms with Crippen LogP contribution in [0.5, 0.6) is 0 Å². The highest BCUT2D eigenvalue weighted by molar-refractivity contribution is 7.80. The number of benzene rings is 1. The van der Waals surface area contributed by atoms with Crippen molar-refractivity contribution in [1.29, 1.82) is 0 Å². The number of nitrogens with zero attached hydrogens (tertiary/aromatic N) is 2. The maximum absolute atomic E-state index is 12.0. The van der Waals surface area contributed by atoms with Gasteiger partial charge < -0.3 is 5.32 Å². The SMILES string of the molecule is CC[N+](C)(CN1C(=O)CC(=S)NC1=O)c1ccccc1. The molecule has 1 aliphatic rings. The van der Waals surface area contributed by atoms with Gasteiger partial charge in [0.2, 0.25) is 5.91 Å². The van der Waals surface area contributed by atoms with Gasteiger partial charge in [0, 0.05) is 0 Å². The number of hydrogen-bond acceptors (Lipinski definition) is 3. The highest BCUT2D eigenvalue weighted by atomic mass is 32.1. The average molecular weight is 292 g/mol. The number of carbonyl (C=O) groups is 2. The topological polar surface area (TPSA) is 49.4 Å². The molecule has 1 atom stereocenters. The van der Waals surface area contributed by atoms with Gasteiger partial charge in [0.15, 0.2) is 6.67 Å². The van der Waals surface area contributed by atoms with Gasteiger partial charge in [-0.05, 0) is 19.1 Å². The first kappa shape index (κ1) is 14.6. The molecule has 0 radical (unpaired) electrons. The number of urea groups is 1. The summed E-state index contributed by atoms with van der Waals surface area (Å²) < 4.78 is 0.479. The minimum absolute atomic E-state index is 0.0968. The van der Waals surface area contributed by atoms with E-state index in [0.717, 1.165) is 12.2 Å². The van der Waals surface area contributed by atoms with Crippen LogP contribution in [0.3, 0.4) is 0 Å². The van der Waals surface area contributed by atoms with E-state index in [1.807, 2.05) is 44.3 Å². The van der Waals surface area contributed by atoms with Crippen molar-refractivity contribution in [2.24, 2.45) is 0 Å². The zero-order chi connectivity index (χ0) is 14.8. The molecule has 6 heteroatoms. The first-order valence-corrected chi connectivity index (χ1v) is 6.91. The maximum Gasteiger partial charge on any atom is 0.333 e. The predicted octanol–water partition coefficient (Wildman–Crippen LogP) is 1.87. The van der Waals surface area contributed by atoms with Crippen molar-refractivity contribution in [1.82, 2.24) is 14.7 Å². The van der Waals surface area contributed by atoms with Crippen LogP contribution in [0.1, 0.15) is 13.3 Å². The Morgan fingerprint density at radius 2 is 1.95 bits per heavy atom. The van der Waals surface area contributed by atoms with Crippen LogP contribution in [0.2, 0.25) is 0 Å². The van der Waals surface area contributed by atoms with E-state index in [4.69, 9.17) is 12.2 Å². The van der Waals surface area contributed by atoms with Crippen molar-refractivity contribution >= 4 is 34.8 Å². The second kappa shape index (κ2) is 5.68. The Labute approximate surface area is 123 Å². The van der Waals surface area contributed by atoms with Crippen LogP contribution >= 0.6 is 12.2 Å². The third-order valence-corrected chi connectivity index (χ3v) is 3.88. The number of rotatable bonds is 4. The Morgan fingerprint density at radius 1 is 1.30 bits per heavy atom. The molecular weight excluding hydrogens is 274 g/mol. The van der Waals surface area contributed by atoms with Gasteiger partial charge in [-0.25, -0.2) is 9.69 Å². The molecule has 1 heterocycles. The summed E-state index contributed by atoms with van der Waals surface area (Å²) in [4.78, 5) is 25.5. The first-order valence-electron chi connectivity index (χ1n) is 6.50. The van der Waals surface area contributed by atoms with Crippen molar-refractivity contribution in [3.63, 3.8) is 0 Å². The lowest BCUT2D eigenvalue weighted by molar-refractivity contribution is -0.128. The van der Waals surface area contributed by atoms with E-state index in [1.54, 1.807) is 0 Å². The first-order chi connectivity index (χ1) is 9.46. The van der Waals surface area contributed by atoms with E-state index in [-0.39, 0.29) is 12.3 Å². The lowest BCUT2D eigenvalue weighted by atomic mass is 10.2. The molecule has 0 saturated carbocycles. The van der Waals surface area contributed by atoms with E-state index in [2.05, 4.69) is 5.32 Å². The Hall–Kier alpha value is -1.79. The van der Waals surface area contributed by atoms with Crippen molar-refractivity contribution in [3.05, 3.63) is 30.3 Å². The summed E-state index contributed by atoms with van der Waals surface area (Å²) in [6.45, 7) is 3.10. The van der Waals surface area contributed by atoms with Gasteiger partial charge in [0.25, 0.3) is 0 Å². The number of para-hydroxylation sites is 1. The fourth-order valence-electron chi connectivity index (χ4n) is 2.18. The van der Waals surface area contributed by atoms with E-state index in [0.29, 0.717) is 16.1 Å². The molecule has 3 amide bonds. The molecule has 0 aliphatic carbocycles. The maximum atomic E-state index is 12.0. The molecule has 106 valence electrons. The lowest BCUT2D eigenvalue weighted by Crippen LogP contribution is -2.60. The van der Waals surface area contributed by atoms with E-state index in [1.165, 1.54) is 4.90 Å². The van der Waals surface area contributed by atoms with E-state index >= 15 is 0 Å². The van der Waals surface area contributed by atoms with Crippen LogP contribution in [0, 0.1) is 0 Å². The standard InChI is InChI=1S/C14H17N3O2S/c1-3-17(2,11-7-5-4-6-8-11)10-16-13(18)9-12(20)15-14(16)19/h4-8H,3,9-10H2,1-2H3/p+1. The lowest BCUT2D eigenvalue weighted by Gasteiger charge is -2.37. The summed E-state index contributed by atoms with van der Waals surface area (Å²) in [5.74, 6) is -0.243. The monoisotopic (exact) mass is 292 g/mol. The van der Waals surface area contributed by atoms with Crippen molar-refractivity contribution in [2.45, 2.75) is 13.3 Å². The second-order valence-corrected chi connectivity index (χ2v) is 5.53. The molecular formula is C14H18N3O2S+. The molecule has 1 aromatic carbocycles. The fraction of sp³-hybridized carbons (Fsp3) is 0.357. The molecule has 1 aromatic rings. The number of imide groups is 1. The Balaban J connectivity index is 2.24. The van der Waals surface area contributed by atoms with Gasteiger partial charge in [-0.15, -0.1) is 0 Å². The summed E-state index contributed by atoms with van der Waals surface area (Å²) >= 11 is 4.89. The summed E-state index contributed by atoms with van der Waals surface area (Å²) in [7, 11) is 2.00. The molecule has 1 aliphatic heterocycles. The van der Waals surface area contributed by atoms with Crippen molar-refractivity contribution in [3.8, 4) is 0 Å². The second-order valence-electron chi connectivity index (χ2n) is 5.04. The number of hydrogen-bond donors (Lipinski definition) is 1. The molecule has 1 fully saturated rings. The van der Waals surface area contributed by atoms with Crippen LogP contribution in [-0.2, 0) is 4.79 Å². The minimum atomic E-state index is -0.431. The molecule has 1 N–H and O–H groups in total. The molecule has 1 saturated heterocycles. The third kappa shape index (κ3) is 2.86. The van der Waals surface area contributed by atoms with Crippen LogP contribution in [-0.4, -0.2) is 42.1 Å². The zero-order valence-electron chi connectivity index (χ0n) is 11.6. The Bertz CT molecular complexity index is 527. The van der Waals surface area contributed by atoms with Gasteiger partial charge >= 0.3 is 6.03 Å². The minimum Gasteiger partial charge on any atom is -0.301 e. The highest BCUT2D eigenvalue weighted by Gasteiger charge is 2.35. The number of nitrogens with one attached hydrogen (secondary N) is 1. The number of quaternary nitrogens is 1. The normalized spacial score (nSPS) is 18.7. The number of thiocarbonyl (C=S) groups is 1. The van der Waals surface area contributed by atoms with Gasteiger partial charge in [0.05, 0.1) is 25.0 Å². The number of amides is 3. The van der Waals surface area contributed by atoms with Crippen LogP contribution in [0.25, 0.3) is 0 Å². The summed E-state index contributed by atoms with van der Waals surface area (Å²) in [6.07, 6.45) is 0.0968. The summed E-state index contributed by atoms with van der Waals surface area (Å²) in [5.41, 5.74) is 1.06. The molecule has 5 nitrogen and oxygen atoms in total. The van der Waals surface area contributed by atoms with Gasteiger partial charge in [-0.1, -0.05) is 30.4 Å². The van der Waals surface area contributed by atoms with Crippen LogP contribution in [0.15, 0.2) is 30.3 Å². The molecule has 1 unspecified atom stereocenters. The molecule has 2 rings (SSSR count). The third-order valence-electron chi connectivity index (χ3n) is 3.64. The predicted molar refractivity (Wildman–Crippen MR) is 82.2 cm³/mol. The van der Waals surface area contributed by atoms with Gasteiger partial charge in [0.1, 0.15) is 5.69 Å². The largest absolute Gasteiger partial charge is 0.333 e. The van der Waals surface area contributed by atoms with Gasteiger partial charge in [-0.2, -0.15) is 0 Å². The number of carbonyl (C=O) groups excluding carboxylic acids is 2. The van der Waals surface area contributed by atoms with Crippen LogP contribution < -0.4 is 9.80 Å². The zero-order valence-corrected chi connectivity index (χ0v) is 12.4. The quantitative estimate of drug-likeness (QED) is 0.681. The van der Waals surface area contributed by atoms with E-state index < -0.39 is 6.03 Å². The fourth-order valence-corrected chi connectivity index (χ4v) is 2.40. The average Bonchev–Trinajstić information content (AvgIpc) is 2.43. The molecule has 20 heavy (non-hydrogen) atoms. The molecule has 0 spiro atoms. The van der Waals surface area contributed by atoms with Crippen molar-refractivity contribution in [2.75, 3.05) is 20.3 Å². The highest BCUT2D eigenvalue weighted by Crippen LogP contribution is 2.21. The molecule has 0 bridgehead atoms. The molecule has 0 aromatic heterocycles. The van der Waals surface area contributed by atoms with E-state index in [9.17, 15) is 9.59 Å². The summed E-state index contributed by atoms with van der Waals surface area (Å²) in [5, 5.41) is 2.55. The summed E-state index contributed by atoms with van der Waals surface area (Å²) in [6, 6.07) is 9.42.